The third kappa shape index (κ3) is 3.01. The van der Waals surface area contributed by atoms with E-state index in [4.69, 9.17) is 0 Å². The van der Waals surface area contributed by atoms with Crippen molar-refractivity contribution in [3.63, 3.8) is 0 Å². The molecule has 1 N–H and O–H groups in total. The number of thiophene rings is 1. The lowest BCUT2D eigenvalue weighted by Crippen LogP contribution is -2.24. The summed E-state index contributed by atoms with van der Waals surface area (Å²) in [5, 5.41) is 7.48. The first-order valence-electron chi connectivity index (χ1n) is 5.20. The maximum absolute atomic E-state index is 11.7. The van der Waals surface area contributed by atoms with Crippen LogP contribution in [0.25, 0.3) is 9.88 Å². The van der Waals surface area contributed by atoms with Crippen molar-refractivity contribution in [3.8, 4) is 9.88 Å². The molecule has 0 radical (unpaired) electrons. The van der Waals surface area contributed by atoms with Crippen molar-refractivity contribution in [2.45, 2.75) is 6.42 Å². The maximum atomic E-state index is 11.7. The molecule has 0 saturated heterocycles. The van der Waals surface area contributed by atoms with Crippen LogP contribution in [0.3, 0.4) is 0 Å². The zero-order chi connectivity index (χ0) is 12.1. The molecule has 2 aromatic heterocycles. The first-order chi connectivity index (χ1) is 8.31. The first kappa shape index (κ1) is 12.0. The first-order valence-corrected chi connectivity index (χ1v) is 6.95. The number of carbonyl (C=O) groups excluding carboxylic acids is 1. The zero-order valence-electron chi connectivity index (χ0n) is 9.18. The molecule has 1 amide bonds. The summed E-state index contributed by atoms with van der Waals surface area (Å²) >= 11 is 3.12. The lowest BCUT2D eigenvalue weighted by molar-refractivity contribution is 0.0950. The van der Waals surface area contributed by atoms with Crippen LogP contribution in [0.15, 0.2) is 35.5 Å². The van der Waals surface area contributed by atoms with Crippen LogP contribution < -0.4 is 5.32 Å². The van der Waals surface area contributed by atoms with Crippen LogP contribution in [-0.2, 0) is 0 Å². The Bertz CT molecular complexity index is 502. The van der Waals surface area contributed by atoms with Gasteiger partial charge in [0.05, 0.1) is 4.88 Å². The summed E-state index contributed by atoms with van der Waals surface area (Å²) in [7, 11) is 0. The van der Waals surface area contributed by atoms with Crippen molar-refractivity contribution in [1.82, 2.24) is 10.3 Å². The highest BCUT2D eigenvalue weighted by atomic mass is 32.1. The number of thiazole rings is 1. The Kier molecular flexibility index (Phi) is 4.06. The van der Waals surface area contributed by atoms with E-state index in [1.807, 2.05) is 17.5 Å². The molecule has 88 valence electrons. The highest BCUT2D eigenvalue weighted by molar-refractivity contribution is 7.20. The molecule has 0 bridgehead atoms. The van der Waals surface area contributed by atoms with E-state index in [2.05, 4.69) is 16.9 Å². The highest BCUT2D eigenvalue weighted by Crippen LogP contribution is 2.27. The van der Waals surface area contributed by atoms with Gasteiger partial charge < -0.3 is 5.32 Å². The molecule has 0 aromatic carbocycles. The van der Waals surface area contributed by atoms with Crippen LogP contribution in [0.5, 0.6) is 0 Å². The summed E-state index contributed by atoms with van der Waals surface area (Å²) in [6.45, 7) is 4.21. The van der Waals surface area contributed by atoms with Gasteiger partial charge in [0.1, 0.15) is 10.7 Å². The van der Waals surface area contributed by atoms with Crippen LogP contribution in [-0.4, -0.2) is 17.4 Å². The molecule has 0 fully saturated rings. The third-order valence-corrected chi connectivity index (χ3v) is 3.98. The Hall–Kier alpha value is -1.46. The minimum absolute atomic E-state index is 0.120. The van der Waals surface area contributed by atoms with Crippen LogP contribution in [0.4, 0.5) is 0 Å². The van der Waals surface area contributed by atoms with Crippen molar-refractivity contribution in [1.29, 1.82) is 0 Å². The quantitative estimate of drug-likeness (QED) is 0.665. The monoisotopic (exact) mass is 264 g/mol. The molecule has 0 aliphatic heterocycles. The topological polar surface area (TPSA) is 42.0 Å². The van der Waals surface area contributed by atoms with Gasteiger partial charge in [-0.15, -0.1) is 29.3 Å². The standard InChI is InChI=1S/C12H12N2OS2/c1-2-3-6-13-11(15)9-8-17-12(14-9)10-5-4-7-16-10/h2,4-5,7-8H,1,3,6H2,(H,13,15). The van der Waals surface area contributed by atoms with E-state index < -0.39 is 0 Å². The van der Waals surface area contributed by atoms with E-state index in [0.29, 0.717) is 12.2 Å². The molecule has 0 unspecified atom stereocenters. The smallest absolute Gasteiger partial charge is 0.270 e. The molecular formula is C12H12N2OS2. The number of nitrogens with one attached hydrogen (secondary N) is 1. The molecule has 2 heterocycles. The van der Waals surface area contributed by atoms with Crippen molar-refractivity contribution in [2.24, 2.45) is 0 Å². The second-order valence-corrected chi connectivity index (χ2v) is 5.15. The van der Waals surface area contributed by atoms with Crippen molar-refractivity contribution in [2.75, 3.05) is 6.54 Å². The molecule has 0 atom stereocenters. The molecule has 0 saturated carbocycles. The lowest BCUT2D eigenvalue weighted by Gasteiger charge is -1.99. The predicted octanol–water partition coefficient (Wildman–Crippen LogP) is 3.18. The number of aromatic nitrogens is 1. The van der Waals surface area contributed by atoms with Gasteiger partial charge in [0.15, 0.2) is 0 Å². The Morgan fingerprint density at radius 2 is 2.41 bits per heavy atom. The summed E-state index contributed by atoms with van der Waals surface area (Å²) in [5.74, 6) is -0.120. The molecule has 0 aliphatic rings. The minimum atomic E-state index is -0.120. The second-order valence-electron chi connectivity index (χ2n) is 3.35. The minimum Gasteiger partial charge on any atom is -0.350 e. The van der Waals surface area contributed by atoms with Gasteiger partial charge in [0, 0.05) is 11.9 Å². The van der Waals surface area contributed by atoms with Crippen LogP contribution >= 0.6 is 22.7 Å². The van der Waals surface area contributed by atoms with E-state index in [1.54, 1.807) is 22.8 Å². The van der Waals surface area contributed by atoms with Gasteiger partial charge in [0.25, 0.3) is 5.91 Å². The Balaban J connectivity index is 2.03. The Morgan fingerprint density at radius 3 is 3.12 bits per heavy atom. The summed E-state index contributed by atoms with van der Waals surface area (Å²) in [4.78, 5) is 17.1. The van der Waals surface area contributed by atoms with Crippen LogP contribution in [0.1, 0.15) is 16.9 Å². The molecule has 0 spiro atoms. The van der Waals surface area contributed by atoms with Crippen molar-refractivity contribution in [3.05, 3.63) is 41.2 Å². The Labute approximate surface area is 108 Å². The fourth-order valence-electron chi connectivity index (χ4n) is 1.27. The van der Waals surface area contributed by atoms with Crippen LogP contribution in [0, 0.1) is 0 Å². The molecular weight excluding hydrogens is 252 g/mol. The SMILES string of the molecule is C=CCCNC(=O)c1csc(-c2cccs2)n1. The molecule has 17 heavy (non-hydrogen) atoms. The van der Waals surface area contributed by atoms with E-state index in [1.165, 1.54) is 11.3 Å². The summed E-state index contributed by atoms with van der Waals surface area (Å²) in [6.07, 6.45) is 2.55. The third-order valence-electron chi connectivity index (χ3n) is 2.10. The fourth-order valence-corrected chi connectivity index (χ4v) is 2.88. The molecule has 5 heteroatoms. The van der Waals surface area contributed by atoms with Crippen LogP contribution in [0.2, 0.25) is 0 Å². The fraction of sp³-hybridized carbons (Fsp3) is 0.167. The van der Waals surface area contributed by atoms with E-state index in [-0.39, 0.29) is 5.91 Å². The van der Waals surface area contributed by atoms with Gasteiger partial charge in [-0.3, -0.25) is 4.79 Å². The maximum Gasteiger partial charge on any atom is 0.270 e. The van der Waals surface area contributed by atoms with Crippen molar-refractivity contribution < 1.29 is 4.79 Å². The predicted molar refractivity (Wildman–Crippen MR) is 72.6 cm³/mol. The normalized spacial score (nSPS) is 10.1. The van der Waals surface area contributed by atoms with Crippen molar-refractivity contribution >= 4 is 28.6 Å². The molecule has 2 rings (SSSR count). The van der Waals surface area contributed by atoms with E-state index in [9.17, 15) is 4.79 Å². The van der Waals surface area contributed by atoms with Gasteiger partial charge in [0.2, 0.25) is 0 Å². The van der Waals surface area contributed by atoms with Gasteiger partial charge in [-0.25, -0.2) is 4.98 Å². The highest BCUT2D eigenvalue weighted by Gasteiger charge is 2.11. The van der Waals surface area contributed by atoms with Gasteiger partial charge >= 0.3 is 0 Å². The average Bonchev–Trinajstić information content (AvgIpc) is 3.00. The molecule has 2 aromatic rings. The Morgan fingerprint density at radius 1 is 1.53 bits per heavy atom. The number of hydrogen-bond donors (Lipinski definition) is 1. The number of carbonyl (C=O) groups is 1. The summed E-state index contributed by atoms with van der Waals surface area (Å²) < 4.78 is 0. The molecule has 0 aliphatic carbocycles. The van der Waals surface area contributed by atoms with E-state index >= 15 is 0 Å². The summed E-state index contributed by atoms with van der Waals surface area (Å²) in [5.41, 5.74) is 0.488. The summed E-state index contributed by atoms with van der Waals surface area (Å²) in [6, 6.07) is 3.98. The number of rotatable bonds is 5. The number of nitrogens with zero attached hydrogens (tertiary/aromatic N) is 1. The second kappa shape index (κ2) is 5.75. The van der Waals surface area contributed by atoms with Gasteiger partial charge in [-0.2, -0.15) is 0 Å². The molecule has 3 nitrogen and oxygen atoms in total. The van der Waals surface area contributed by atoms with Gasteiger partial charge in [-0.05, 0) is 17.9 Å². The van der Waals surface area contributed by atoms with E-state index in [0.717, 1.165) is 16.3 Å². The van der Waals surface area contributed by atoms with Gasteiger partial charge in [-0.1, -0.05) is 12.1 Å². The lowest BCUT2D eigenvalue weighted by atomic mass is 10.4. The zero-order valence-corrected chi connectivity index (χ0v) is 10.8. The number of hydrogen-bond acceptors (Lipinski definition) is 4. The average molecular weight is 264 g/mol. The number of amides is 1. The largest absolute Gasteiger partial charge is 0.350 e.